The van der Waals surface area contributed by atoms with Gasteiger partial charge >= 0.3 is 0 Å². The SMILES string of the molecule is CC1CCN(c2n[nH]c(N)n2)CCN1Cc1ccccc1. The summed E-state index contributed by atoms with van der Waals surface area (Å²) in [7, 11) is 0. The molecule has 0 bridgehead atoms. The first-order valence-corrected chi connectivity index (χ1v) is 7.43. The number of aromatic nitrogens is 3. The number of H-pyrrole nitrogens is 1. The number of anilines is 2. The zero-order chi connectivity index (χ0) is 14.7. The van der Waals surface area contributed by atoms with Crippen LogP contribution in [0, 0.1) is 0 Å². The van der Waals surface area contributed by atoms with Crippen LogP contribution >= 0.6 is 0 Å². The molecule has 1 aliphatic heterocycles. The number of nitrogens with two attached hydrogens (primary N) is 1. The highest BCUT2D eigenvalue weighted by Crippen LogP contribution is 2.17. The first-order chi connectivity index (χ1) is 10.2. The molecule has 2 heterocycles. The van der Waals surface area contributed by atoms with Crippen LogP contribution in [0.1, 0.15) is 18.9 Å². The average molecular weight is 286 g/mol. The monoisotopic (exact) mass is 286 g/mol. The molecule has 1 saturated heterocycles. The number of hydrogen-bond donors (Lipinski definition) is 2. The zero-order valence-corrected chi connectivity index (χ0v) is 12.4. The molecule has 1 unspecified atom stereocenters. The number of aromatic amines is 1. The summed E-state index contributed by atoms with van der Waals surface area (Å²) < 4.78 is 0. The second-order valence-electron chi connectivity index (χ2n) is 5.60. The van der Waals surface area contributed by atoms with Crippen LogP contribution in [-0.4, -0.2) is 45.8 Å². The van der Waals surface area contributed by atoms with Crippen LogP contribution in [-0.2, 0) is 6.54 Å². The highest BCUT2D eigenvalue weighted by molar-refractivity contribution is 5.34. The summed E-state index contributed by atoms with van der Waals surface area (Å²) in [6.07, 6.45) is 1.10. The van der Waals surface area contributed by atoms with Crippen LogP contribution in [0.15, 0.2) is 30.3 Å². The van der Waals surface area contributed by atoms with Gasteiger partial charge in [0.15, 0.2) is 0 Å². The second-order valence-corrected chi connectivity index (χ2v) is 5.60. The Morgan fingerprint density at radius 1 is 1.24 bits per heavy atom. The molecule has 0 saturated carbocycles. The highest BCUT2D eigenvalue weighted by atomic mass is 15.4. The van der Waals surface area contributed by atoms with Crippen molar-refractivity contribution in [3.05, 3.63) is 35.9 Å². The lowest BCUT2D eigenvalue weighted by Gasteiger charge is -2.26. The van der Waals surface area contributed by atoms with Gasteiger partial charge in [-0.3, -0.25) is 4.90 Å². The van der Waals surface area contributed by atoms with Crippen molar-refractivity contribution in [3.63, 3.8) is 0 Å². The summed E-state index contributed by atoms with van der Waals surface area (Å²) >= 11 is 0. The summed E-state index contributed by atoms with van der Waals surface area (Å²) in [4.78, 5) is 8.95. The third-order valence-corrected chi connectivity index (χ3v) is 4.10. The number of nitrogens with one attached hydrogen (secondary N) is 1. The molecular weight excluding hydrogens is 264 g/mol. The van der Waals surface area contributed by atoms with Gasteiger partial charge in [-0.1, -0.05) is 30.3 Å². The fraction of sp³-hybridized carbons (Fsp3) is 0.467. The third-order valence-electron chi connectivity index (χ3n) is 4.10. The Hall–Kier alpha value is -2.08. The van der Waals surface area contributed by atoms with E-state index in [-0.39, 0.29) is 0 Å². The lowest BCUT2D eigenvalue weighted by molar-refractivity contribution is 0.212. The Morgan fingerprint density at radius 3 is 2.76 bits per heavy atom. The molecule has 0 spiro atoms. The van der Waals surface area contributed by atoms with Crippen LogP contribution in [0.25, 0.3) is 0 Å². The van der Waals surface area contributed by atoms with Crippen molar-refractivity contribution in [2.75, 3.05) is 30.3 Å². The van der Waals surface area contributed by atoms with Crippen LogP contribution in [0.2, 0.25) is 0 Å². The lowest BCUT2D eigenvalue weighted by Crippen LogP contribution is -2.34. The Morgan fingerprint density at radius 2 is 2.05 bits per heavy atom. The van der Waals surface area contributed by atoms with Crippen LogP contribution in [0.4, 0.5) is 11.9 Å². The number of nitrogens with zero attached hydrogens (tertiary/aromatic N) is 4. The van der Waals surface area contributed by atoms with Crippen molar-refractivity contribution < 1.29 is 0 Å². The second kappa shape index (κ2) is 6.13. The topological polar surface area (TPSA) is 74.1 Å². The van der Waals surface area contributed by atoms with E-state index >= 15 is 0 Å². The van der Waals surface area contributed by atoms with Gasteiger partial charge in [-0.2, -0.15) is 4.98 Å². The summed E-state index contributed by atoms with van der Waals surface area (Å²) in [5.74, 6) is 1.09. The van der Waals surface area contributed by atoms with Gasteiger partial charge in [0.1, 0.15) is 0 Å². The molecule has 1 aromatic carbocycles. The third kappa shape index (κ3) is 3.33. The molecule has 0 radical (unpaired) electrons. The van der Waals surface area contributed by atoms with Gasteiger partial charge in [-0.25, -0.2) is 5.10 Å². The molecule has 6 nitrogen and oxygen atoms in total. The van der Waals surface area contributed by atoms with Gasteiger partial charge in [0.2, 0.25) is 11.9 Å². The molecule has 3 N–H and O–H groups in total. The van der Waals surface area contributed by atoms with Gasteiger partial charge in [0.25, 0.3) is 0 Å². The van der Waals surface area contributed by atoms with Gasteiger partial charge in [0, 0.05) is 32.2 Å². The van der Waals surface area contributed by atoms with Gasteiger partial charge < -0.3 is 10.6 Å². The van der Waals surface area contributed by atoms with Crippen molar-refractivity contribution in [1.29, 1.82) is 0 Å². The minimum absolute atomic E-state index is 0.378. The van der Waals surface area contributed by atoms with E-state index in [2.05, 4.69) is 62.2 Å². The van der Waals surface area contributed by atoms with E-state index in [4.69, 9.17) is 5.73 Å². The molecule has 1 fully saturated rings. The minimum Gasteiger partial charge on any atom is -0.368 e. The van der Waals surface area contributed by atoms with Crippen molar-refractivity contribution in [3.8, 4) is 0 Å². The first-order valence-electron chi connectivity index (χ1n) is 7.43. The Kier molecular flexibility index (Phi) is 4.06. The molecule has 1 aliphatic rings. The van der Waals surface area contributed by atoms with Crippen LogP contribution in [0.3, 0.4) is 0 Å². The average Bonchev–Trinajstić information content (AvgIpc) is 2.84. The number of rotatable bonds is 3. The summed E-state index contributed by atoms with van der Waals surface area (Å²) in [6.45, 7) is 6.17. The number of benzene rings is 1. The van der Waals surface area contributed by atoms with Gasteiger partial charge in [0.05, 0.1) is 0 Å². The first kappa shape index (κ1) is 13.9. The van der Waals surface area contributed by atoms with E-state index in [0.717, 1.165) is 32.6 Å². The van der Waals surface area contributed by atoms with Gasteiger partial charge in [-0.15, -0.1) is 5.10 Å². The van der Waals surface area contributed by atoms with E-state index in [9.17, 15) is 0 Å². The molecule has 0 amide bonds. The maximum Gasteiger partial charge on any atom is 0.246 e. The molecule has 3 rings (SSSR count). The molecular formula is C15H22N6. The zero-order valence-electron chi connectivity index (χ0n) is 12.4. The smallest absolute Gasteiger partial charge is 0.246 e. The number of nitrogen functional groups attached to an aromatic ring is 1. The maximum absolute atomic E-state index is 5.61. The summed E-state index contributed by atoms with van der Waals surface area (Å²) in [5, 5.41) is 6.87. The van der Waals surface area contributed by atoms with Crippen molar-refractivity contribution >= 4 is 11.9 Å². The normalized spacial score (nSPS) is 20.4. The highest BCUT2D eigenvalue weighted by Gasteiger charge is 2.22. The molecule has 21 heavy (non-hydrogen) atoms. The van der Waals surface area contributed by atoms with Crippen molar-refractivity contribution in [1.82, 2.24) is 20.1 Å². The molecule has 2 aromatic rings. The summed E-state index contributed by atoms with van der Waals surface area (Å²) in [5.41, 5.74) is 6.98. The predicted octanol–water partition coefficient (Wildman–Crippen LogP) is 1.49. The van der Waals surface area contributed by atoms with E-state index in [0.29, 0.717) is 17.9 Å². The maximum atomic E-state index is 5.61. The standard InChI is InChI=1S/C15H22N6/c1-12-7-8-20(15-17-14(16)18-19-15)9-10-21(12)11-13-5-3-2-4-6-13/h2-6,12H,7-11H2,1H3,(H3,16,17,18,19). The number of hydrogen-bond acceptors (Lipinski definition) is 5. The Balaban J connectivity index is 1.66. The van der Waals surface area contributed by atoms with E-state index in [1.54, 1.807) is 0 Å². The molecule has 112 valence electrons. The van der Waals surface area contributed by atoms with E-state index < -0.39 is 0 Å². The minimum atomic E-state index is 0.378. The Labute approximate surface area is 125 Å². The van der Waals surface area contributed by atoms with Crippen LogP contribution < -0.4 is 10.6 Å². The van der Waals surface area contributed by atoms with Crippen molar-refractivity contribution in [2.24, 2.45) is 0 Å². The fourth-order valence-corrected chi connectivity index (χ4v) is 2.77. The quantitative estimate of drug-likeness (QED) is 0.894. The molecule has 1 atom stereocenters. The molecule has 0 aliphatic carbocycles. The van der Waals surface area contributed by atoms with E-state index in [1.807, 2.05) is 0 Å². The van der Waals surface area contributed by atoms with Crippen LogP contribution in [0.5, 0.6) is 0 Å². The van der Waals surface area contributed by atoms with Gasteiger partial charge in [-0.05, 0) is 18.9 Å². The molecule has 1 aromatic heterocycles. The largest absolute Gasteiger partial charge is 0.368 e. The molecule has 6 heteroatoms. The van der Waals surface area contributed by atoms with E-state index in [1.165, 1.54) is 5.56 Å². The van der Waals surface area contributed by atoms with Crippen molar-refractivity contribution in [2.45, 2.75) is 25.9 Å². The fourth-order valence-electron chi connectivity index (χ4n) is 2.77. The Bertz CT molecular complexity index is 567. The summed E-state index contributed by atoms with van der Waals surface area (Å²) in [6, 6.07) is 11.2. The predicted molar refractivity (Wildman–Crippen MR) is 83.9 cm³/mol. The lowest BCUT2D eigenvalue weighted by atomic mass is 10.1.